The molecule has 0 fully saturated rings. The van der Waals surface area contributed by atoms with Crippen LogP contribution >= 0.6 is 22.9 Å². The molecule has 2 aromatic carbocycles. The van der Waals surface area contributed by atoms with Gasteiger partial charge in [-0.05, 0) is 35.9 Å². The molecule has 0 atom stereocenters. The molecule has 3 nitrogen and oxygen atoms in total. The van der Waals surface area contributed by atoms with Gasteiger partial charge in [0.2, 0.25) is 0 Å². The fourth-order valence-corrected chi connectivity index (χ4v) is 3.62. The molecule has 1 amide bonds. The average molecular weight is 368 g/mol. The first-order valence-electron chi connectivity index (χ1n) is 6.97. The summed E-state index contributed by atoms with van der Waals surface area (Å²) in [6, 6.07) is 8.40. The van der Waals surface area contributed by atoms with Crippen molar-refractivity contribution < 1.29 is 18.3 Å². The van der Waals surface area contributed by atoms with E-state index in [1.165, 1.54) is 30.6 Å². The van der Waals surface area contributed by atoms with Crippen LogP contribution in [0.25, 0.3) is 10.1 Å². The normalized spacial score (nSPS) is 10.8. The Morgan fingerprint density at radius 2 is 1.92 bits per heavy atom. The molecule has 0 unspecified atom stereocenters. The first-order valence-corrected chi connectivity index (χ1v) is 8.16. The van der Waals surface area contributed by atoms with Crippen molar-refractivity contribution in [3.8, 4) is 5.75 Å². The Morgan fingerprint density at radius 3 is 2.58 bits per heavy atom. The number of halogens is 3. The summed E-state index contributed by atoms with van der Waals surface area (Å²) in [4.78, 5) is 12.8. The zero-order valence-electron chi connectivity index (χ0n) is 12.5. The minimum absolute atomic E-state index is 0.00562. The Hall–Kier alpha value is -2.18. The van der Waals surface area contributed by atoms with E-state index in [9.17, 15) is 13.6 Å². The van der Waals surface area contributed by atoms with Crippen molar-refractivity contribution in [1.29, 1.82) is 0 Å². The van der Waals surface area contributed by atoms with Gasteiger partial charge in [0.25, 0.3) is 5.91 Å². The molecule has 1 aromatic heterocycles. The smallest absolute Gasteiger partial charge is 0.265 e. The molecular formula is C17H12ClF2NO2S. The number of fused-ring (bicyclic) bond motifs is 1. The Balaban J connectivity index is 1.85. The second kappa shape index (κ2) is 6.75. The topological polar surface area (TPSA) is 38.3 Å². The highest BCUT2D eigenvalue weighted by atomic mass is 35.5. The van der Waals surface area contributed by atoms with Crippen molar-refractivity contribution in [2.45, 2.75) is 6.54 Å². The number of ether oxygens (including phenoxy) is 1. The zero-order chi connectivity index (χ0) is 17.3. The monoisotopic (exact) mass is 367 g/mol. The standard InChI is InChI=1S/C17H12ClF2NO2S/c1-23-15-13-6-10(18)2-3-14(13)24-16(15)17(22)21-8-9-4-11(19)7-12(20)5-9/h2-7H,8H2,1H3,(H,21,22). The predicted octanol–water partition coefficient (Wildman–Crippen LogP) is 4.77. The van der Waals surface area contributed by atoms with E-state index in [2.05, 4.69) is 5.32 Å². The van der Waals surface area contributed by atoms with Crippen LogP contribution in [-0.2, 0) is 6.54 Å². The number of carbonyl (C=O) groups is 1. The molecule has 1 heterocycles. The maximum Gasteiger partial charge on any atom is 0.265 e. The van der Waals surface area contributed by atoms with Gasteiger partial charge in [-0.3, -0.25) is 4.79 Å². The molecule has 0 radical (unpaired) electrons. The van der Waals surface area contributed by atoms with Gasteiger partial charge in [-0.15, -0.1) is 11.3 Å². The van der Waals surface area contributed by atoms with Crippen LogP contribution in [0.2, 0.25) is 5.02 Å². The number of methoxy groups -OCH3 is 1. The van der Waals surface area contributed by atoms with Crippen LogP contribution < -0.4 is 10.1 Å². The summed E-state index contributed by atoms with van der Waals surface area (Å²) in [6.07, 6.45) is 0. The van der Waals surface area contributed by atoms with E-state index in [-0.39, 0.29) is 12.5 Å². The highest BCUT2D eigenvalue weighted by Crippen LogP contribution is 2.38. The van der Waals surface area contributed by atoms with Gasteiger partial charge in [0, 0.05) is 27.7 Å². The molecule has 1 N–H and O–H groups in total. The number of rotatable bonds is 4. The van der Waals surface area contributed by atoms with Gasteiger partial charge in [0.05, 0.1) is 7.11 Å². The lowest BCUT2D eigenvalue weighted by molar-refractivity contribution is 0.0952. The summed E-state index contributed by atoms with van der Waals surface area (Å²) in [5, 5.41) is 3.93. The van der Waals surface area contributed by atoms with Crippen LogP contribution in [-0.4, -0.2) is 13.0 Å². The minimum atomic E-state index is -0.687. The molecular weight excluding hydrogens is 356 g/mol. The quantitative estimate of drug-likeness (QED) is 0.721. The number of carbonyl (C=O) groups excluding carboxylic acids is 1. The van der Waals surface area contributed by atoms with Crippen LogP contribution in [0.3, 0.4) is 0 Å². The number of nitrogens with one attached hydrogen (secondary N) is 1. The minimum Gasteiger partial charge on any atom is -0.494 e. The van der Waals surface area contributed by atoms with Crippen LogP contribution in [0.15, 0.2) is 36.4 Å². The Kier molecular flexibility index (Phi) is 4.69. The Morgan fingerprint density at radius 1 is 1.21 bits per heavy atom. The van der Waals surface area contributed by atoms with Gasteiger partial charge in [0.1, 0.15) is 22.3 Å². The lowest BCUT2D eigenvalue weighted by atomic mass is 10.2. The second-order valence-corrected chi connectivity index (χ2v) is 6.55. The molecule has 0 aliphatic rings. The van der Waals surface area contributed by atoms with Gasteiger partial charge in [-0.2, -0.15) is 0 Å². The highest BCUT2D eigenvalue weighted by Gasteiger charge is 2.19. The first kappa shape index (κ1) is 16.7. The van der Waals surface area contributed by atoms with Crippen molar-refractivity contribution >= 4 is 38.9 Å². The molecule has 0 saturated heterocycles. The molecule has 0 bridgehead atoms. The van der Waals surface area contributed by atoms with Gasteiger partial charge < -0.3 is 10.1 Å². The van der Waals surface area contributed by atoms with Gasteiger partial charge in [0.15, 0.2) is 0 Å². The van der Waals surface area contributed by atoms with E-state index in [0.717, 1.165) is 16.2 Å². The van der Waals surface area contributed by atoms with Crippen LogP contribution in [0.5, 0.6) is 5.75 Å². The molecule has 3 rings (SSSR count). The maximum atomic E-state index is 13.2. The summed E-state index contributed by atoms with van der Waals surface area (Å²) in [5.41, 5.74) is 0.337. The number of thiophene rings is 1. The summed E-state index contributed by atoms with van der Waals surface area (Å²) >= 11 is 7.25. The number of benzene rings is 2. The van der Waals surface area contributed by atoms with E-state index in [1.807, 2.05) is 6.07 Å². The van der Waals surface area contributed by atoms with Crippen molar-refractivity contribution in [2.24, 2.45) is 0 Å². The maximum absolute atomic E-state index is 13.2. The molecule has 0 spiro atoms. The SMILES string of the molecule is COc1c(C(=O)NCc2cc(F)cc(F)c2)sc2ccc(Cl)cc12. The van der Waals surface area contributed by atoms with E-state index in [1.54, 1.807) is 12.1 Å². The third kappa shape index (κ3) is 3.34. The molecule has 24 heavy (non-hydrogen) atoms. The molecule has 0 saturated carbocycles. The third-order valence-corrected chi connectivity index (χ3v) is 4.78. The van der Waals surface area contributed by atoms with Crippen LogP contribution in [0.1, 0.15) is 15.2 Å². The number of hydrogen-bond donors (Lipinski definition) is 1. The third-order valence-electron chi connectivity index (χ3n) is 3.39. The molecule has 3 aromatic rings. The highest BCUT2D eigenvalue weighted by molar-refractivity contribution is 7.21. The van der Waals surface area contributed by atoms with E-state index in [4.69, 9.17) is 16.3 Å². The Bertz CT molecular complexity index is 906. The number of amides is 1. The van der Waals surface area contributed by atoms with Crippen LogP contribution in [0.4, 0.5) is 8.78 Å². The molecule has 124 valence electrons. The second-order valence-electron chi connectivity index (χ2n) is 5.07. The fourth-order valence-electron chi connectivity index (χ4n) is 2.38. The fraction of sp³-hybridized carbons (Fsp3) is 0.118. The van der Waals surface area contributed by atoms with Gasteiger partial charge >= 0.3 is 0 Å². The first-order chi connectivity index (χ1) is 11.5. The van der Waals surface area contributed by atoms with E-state index >= 15 is 0 Å². The zero-order valence-corrected chi connectivity index (χ0v) is 14.1. The summed E-state index contributed by atoms with van der Waals surface area (Å²) in [5.74, 6) is -1.32. The summed E-state index contributed by atoms with van der Waals surface area (Å²) in [6.45, 7) is 0.00562. The van der Waals surface area contributed by atoms with Crippen molar-refractivity contribution in [1.82, 2.24) is 5.32 Å². The average Bonchev–Trinajstić information content (AvgIpc) is 2.89. The van der Waals surface area contributed by atoms with Gasteiger partial charge in [-0.1, -0.05) is 11.6 Å². The molecule has 7 heteroatoms. The van der Waals surface area contributed by atoms with Gasteiger partial charge in [-0.25, -0.2) is 8.78 Å². The van der Waals surface area contributed by atoms with Crippen LogP contribution in [0, 0.1) is 11.6 Å². The van der Waals surface area contributed by atoms with E-state index < -0.39 is 11.6 Å². The summed E-state index contributed by atoms with van der Waals surface area (Å²) < 4.78 is 32.6. The Labute approximate surface area is 145 Å². The molecule has 0 aliphatic heterocycles. The number of hydrogen-bond acceptors (Lipinski definition) is 3. The van der Waals surface area contributed by atoms with Crippen molar-refractivity contribution in [3.05, 3.63) is 63.5 Å². The lowest BCUT2D eigenvalue weighted by Crippen LogP contribution is -2.22. The lowest BCUT2D eigenvalue weighted by Gasteiger charge is -2.06. The van der Waals surface area contributed by atoms with Crippen molar-refractivity contribution in [3.63, 3.8) is 0 Å². The van der Waals surface area contributed by atoms with E-state index in [0.29, 0.717) is 21.2 Å². The summed E-state index contributed by atoms with van der Waals surface area (Å²) in [7, 11) is 1.47. The largest absolute Gasteiger partial charge is 0.494 e. The molecule has 0 aliphatic carbocycles. The van der Waals surface area contributed by atoms with Crippen molar-refractivity contribution in [2.75, 3.05) is 7.11 Å². The predicted molar refractivity (Wildman–Crippen MR) is 90.9 cm³/mol.